The van der Waals surface area contributed by atoms with Crippen LogP contribution in [0, 0.1) is 22.9 Å². The van der Waals surface area contributed by atoms with Gasteiger partial charge in [-0.3, -0.25) is 19.7 Å². The Morgan fingerprint density at radius 2 is 1.79 bits per heavy atom. The van der Waals surface area contributed by atoms with Crippen molar-refractivity contribution in [3.05, 3.63) is 80.8 Å². The Hall–Kier alpha value is -3.55. The maximum Gasteiger partial charge on any atom is 0.276 e. The normalized spacial score (nSPS) is 18.5. The van der Waals surface area contributed by atoms with E-state index in [2.05, 4.69) is 0 Å². The fourth-order valence-electron chi connectivity index (χ4n) is 3.35. The van der Waals surface area contributed by atoms with Gasteiger partial charge >= 0.3 is 0 Å². The predicted octanol–water partition coefficient (Wildman–Crippen LogP) is 2.92. The standard InChI is InChI=1S/C21H20FN3O4/c1-13-5-4-6-17(25(28)29)16(13)12-19-21(27)23(2)18(20(26)24(19)3)11-14-7-9-15(22)10-8-14/h4-10,12,18H,11H2,1-3H3. The van der Waals surface area contributed by atoms with Crippen molar-refractivity contribution < 1.29 is 18.9 Å². The lowest BCUT2D eigenvalue weighted by Gasteiger charge is -2.38. The molecule has 1 atom stereocenters. The molecule has 0 bridgehead atoms. The number of rotatable bonds is 4. The van der Waals surface area contributed by atoms with E-state index in [0.29, 0.717) is 5.56 Å². The third-order valence-corrected chi connectivity index (χ3v) is 5.11. The molecule has 1 aliphatic rings. The molecule has 2 amide bonds. The summed E-state index contributed by atoms with van der Waals surface area (Å²) in [6.45, 7) is 1.70. The molecule has 0 radical (unpaired) electrons. The van der Waals surface area contributed by atoms with Crippen molar-refractivity contribution in [2.24, 2.45) is 0 Å². The molecule has 1 saturated heterocycles. The van der Waals surface area contributed by atoms with Crippen molar-refractivity contribution in [2.75, 3.05) is 14.1 Å². The van der Waals surface area contributed by atoms with Gasteiger partial charge in [0.2, 0.25) is 5.91 Å². The molecular formula is C21H20FN3O4. The fraction of sp³-hybridized carbons (Fsp3) is 0.238. The van der Waals surface area contributed by atoms with Gasteiger partial charge in [0.25, 0.3) is 11.6 Å². The highest BCUT2D eigenvalue weighted by Gasteiger charge is 2.39. The van der Waals surface area contributed by atoms with Crippen LogP contribution in [0.1, 0.15) is 16.7 Å². The lowest BCUT2D eigenvalue weighted by molar-refractivity contribution is -0.385. The van der Waals surface area contributed by atoms with Crippen molar-refractivity contribution in [2.45, 2.75) is 19.4 Å². The highest BCUT2D eigenvalue weighted by molar-refractivity contribution is 6.07. The van der Waals surface area contributed by atoms with E-state index in [0.717, 1.165) is 5.56 Å². The molecule has 1 aliphatic heterocycles. The smallest absolute Gasteiger partial charge is 0.276 e. The van der Waals surface area contributed by atoms with Crippen LogP contribution in [0.2, 0.25) is 0 Å². The van der Waals surface area contributed by atoms with Gasteiger partial charge in [-0.1, -0.05) is 24.3 Å². The SMILES string of the molecule is Cc1cccc([N+](=O)[O-])c1C=C1C(=O)N(C)C(Cc2ccc(F)cc2)C(=O)N1C. The van der Waals surface area contributed by atoms with Crippen LogP contribution in [-0.2, 0) is 16.0 Å². The molecule has 8 heteroatoms. The van der Waals surface area contributed by atoms with Crippen LogP contribution in [0.15, 0.2) is 48.2 Å². The molecule has 0 aromatic heterocycles. The van der Waals surface area contributed by atoms with Gasteiger partial charge in [0.1, 0.15) is 17.6 Å². The molecule has 0 N–H and O–H groups in total. The Kier molecular flexibility index (Phi) is 5.45. The van der Waals surface area contributed by atoms with Crippen LogP contribution in [0.3, 0.4) is 0 Å². The molecule has 7 nitrogen and oxygen atoms in total. The quantitative estimate of drug-likeness (QED) is 0.451. The number of aryl methyl sites for hydroxylation is 1. The molecule has 3 rings (SSSR count). The van der Waals surface area contributed by atoms with Crippen molar-refractivity contribution in [1.29, 1.82) is 0 Å². The number of likely N-dealkylation sites (N-methyl/N-ethyl adjacent to an activating group) is 2. The fourth-order valence-corrected chi connectivity index (χ4v) is 3.35. The van der Waals surface area contributed by atoms with Gasteiger partial charge in [0.05, 0.1) is 10.5 Å². The van der Waals surface area contributed by atoms with E-state index < -0.39 is 16.9 Å². The summed E-state index contributed by atoms with van der Waals surface area (Å²) in [5.41, 5.74) is 1.55. The van der Waals surface area contributed by atoms with E-state index in [1.165, 1.54) is 48.2 Å². The third kappa shape index (κ3) is 3.87. The Bertz CT molecular complexity index is 1020. The first-order valence-electron chi connectivity index (χ1n) is 8.95. The molecule has 150 valence electrons. The second kappa shape index (κ2) is 7.83. The number of nitro benzene ring substituents is 1. The topological polar surface area (TPSA) is 83.8 Å². The van der Waals surface area contributed by atoms with E-state index in [4.69, 9.17) is 0 Å². The summed E-state index contributed by atoms with van der Waals surface area (Å²) in [5.74, 6) is -1.12. The zero-order valence-corrected chi connectivity index (χ0v) is 16.3. The van der Waals surface area contributed by atoms with Gasteiger partial charge in [0, 0.05) is 26.6 Å². The Morgan fingerprint density at radius 3 is 2.41 bits per heavy atom. The van der Waals surface area contributed by atoms with Crippen molar-refractivity contribution in [1.82, 2.24) is 9.80 Å². The van der Waals surface area contributed by atoms with Crippen LogP contribution < -0.4 is 0 Å². The lowest BCUT2D eigenvalue weighted by Crippen LogP contribution is -2.56. The molecule has 1 fully saturated rings. The number of nitrogens with zero attached hydrogens (tertiary/aromatic N) is 3. The summed E-state index contributed by atoms with van der Waals surface area (Å²) >= 11 is 0. The average molecular weight is 397 g/mol. The maximum atomic E-state index is 13.1. The van der Waals surface area contributed by atoms with Crippen LogP contribution in [0.4, 0.5) is 10.1 Å². The minimum atomic E-state index is -0.748. The lowest BCUT2D eigenvalue weighted by atomic mass is 9.99. The van der Waals surface area contributed by atoms with E-state index >= 15 is 0 Å². The summed E-state index contributed by atoms with van der Waals surface area (Å²) in [5, 5.41) is 11.4. The van der Waals surface area contributed by atoms with E-state index in [9.17, 15) is 24.1 Å². The Labute approximate surface area is 167 Å². The number of carbonyl (C=O) groups excluding carboxylic acids is 2. The van der Waals surface area contributed by atoms with Crippen LogP contribution in [-0.4, -0.2) is 46.7 Å². The van der Waals surface area contributed by atoms with Gasteiger partial charge in [-0.25, -0.2) is 4.39 Å². The summed E-state index contributed by atoms with van der Waals surface area (Å²) in [6, 6.07) is 9.63. The minimum absolute atomic E-state index is 0.0604. The number of benzene rings is 2. The van der Waals surface area contributed by atoms with Crippen LogP contribution >= 0.6 is 0 Å². The highest BCUT2D eigenvalue weighted by atomic mass is 19.1. The first kappa shape index (κ1) is 20.2. The Morgan fingerprint density at radius 1 is 1.14 bits per heavy atom. The van der Waals surface area contributed by atoms with E-state index in [1.54, 1.807) is 31.2 Å². The second-order valence-electron chi connectivity index (χ2n) is 6.95. The van der Waals surface area contributed by atoms with Gasteiger partial charge < -0.3 is 9.80 Å². The molecule has 1 heterocycles. The summed E-state index contributed by atoms with van der Waals surface area (Å²) in [4.78, 5) is 39.3. The summed E-state index contributed by atoms with van der Waals surface area (Å²) in [6.07, 6.45) is 1.63. The minimum Gasteiger partial charge on any atom is -0.328 e. The van der Waals surface area contributed by atoms with Gasteiger partial charge in [0.15, 0.2) is 0 Å². The number of halogens is 1. The monoisotopic (exact) mass is 397 g/mol. The third-order valence-electron chi connectivity index (χ3n) is 5.11. The average Bonchev–Trinajstić information content (AvgIpc) is 2.69. The number of piperazine rings is 1. The maximum absolute atomic E-state index is 13.1. The molecule has 0 aliphatic carbocycles. The van der Waals surface area contributed by atoms with Gasteiger partial charge in [-0.05, 0) is 36.3 Å². The predicted molar refractivity (Wildman–Crippen MR) is 105 cm³/mol. The van der Waals surface area contributed by atoms with Crippen molar-refractivity contribution >= 4 is 23.6 Å². The highest BCUT2D eigenvalue weighted by Crippen LogP contribution is 2.28. The molecule has 2 aromatic rings. The number of hydrogen-bond donors (Lipinski definition) is 0. The van der Waals surface area contributed by atoms with E-state index in [-0.39, 0.29) is 35.1 Å². The van der Waals surface area contributed by atoms with Crippen molar-refractivity contribution in [3.8, 4) is 0 Å². The number of nitro groups is 1. The van der Waals surface area contributed by atoms with Gasteiger partial charge in [-0.2, -0.15) is 0 Å². The molecule has 29 heavy (non-hydrogen) atoms. The van der Waals surface area contributed by atoms with Crippen LogP contribution in [0.25, 0.3) is 6.08 Å². The molecular weight excluding hydrogens is 377 g/mol. The first-order valence-corrected chi connectivity index (χ1v) is 8.95. The second-order valence-corrected chi connectivity index (χ2v) is 6.95. The number of amides is 2. The number of carbonyl (C=O) groups is 2. The molecule has 1 unspecified atom stereocenters. The largest absolute Gasteiger partial charge is 0.328 e. The molecule has 2 aromatic carbocycles. The zero-order chi connectivity index (χ0) is 21.3. The number of hydrogen-bond acceptors (Lipinski definition) is 4. The first-order chi connectivity index (χ1) is 13.7. The van der Waals surface area contributed by atoms with Crippen molar-refractivity contribution in [3.63, 3.8) is 0 Å². The molecule has 0 saturated carbocycles. The van der Waals surface area contributed by atoms with Crippen LogP contribution in [0.5, 0.6) is 0 Å². The molecule has 0 spiro atoms. The van der Waals surface area contributed by atoms with Gasteiger partial charge in [-0.15, -0.1) is 0 Å². The summed E-state index contributed by atoms with van der Waals surface area (Å²) in [7, 11) is 2.99. The Balaban J connectivity index is 1.96. The van der Waals surface area contributed by atoms with E-state index in [1.807, 2.05) is 0 Å². The summed E-state index contributed by atoms with van der Waals surface area (Å²) < 4.78 is 13.1. The zero-order valence-electron chi connectivity index (χ0n) is 16.3.